The second kappa shape index (κ2) is 14.4. The Balaban J connectivity index is 1.47. The summed E-state index contributed by atoms with van der Waals surface area (Å²) in [5, 5.41) is 7.29. The first kappa shape index (κ1) is 31.9. The number of benzene rings is 4. The molecular formula is C33H28F3N3O4S. The fourth-order valence-electron chi connectivity index (χ4n) is 3.93. The van der Waals surface area contributed by atoms with Crippen molar-refractivity contribution < 1.29 is 32.3 Å². The minimum atomic E-state index is -4.53. The lowest BCUT2D eigenvalue weighted by Crippen LogP contribution is -2.30. The zero-order valence-corrected chi connectivity index (χ0v) is 24.5. The van der Waals surface area contributed by atoms with Crippen LogP contribution in [0.25, 0.3) is 6.08 Å². The third-order valence-electron chi connectivity index (χ3n) is 6.19. The van der Waals surface area contributed by atoms with E-state index in [0.717, 1.165) is 23.9 Å². The van der Waals surface area contributed by atoms with Gasteiger partial charge in [-0.2, -0.15) is 13.2 Å². The van der Waals surface area contributed by atoms with Crippen LogP contribution in [0.2, 0.25) is 0 Å². The van der Waals surface area contributed by atoms with E-state index in [1.807, 2.05) is 0 Å². The molecule has 44 heavy (non-hydrogen) atoms. The predicted octanol–water partition coefficient (Wildman–Crippen LogP) is 7.24. The molecule has 11 heteroatoms. The standard InChI is InChI=1S/C33H28F3N3O4S/c1-21(30(40)37-25-11-6-10-24(19-25)33(34,35)36)44-28-13-7-12-26(20-28)38-32(42)29(18-22-14-16-27(43-2)17-15-22)39-31(41)23-8-4-3-5-9-23/h3-21H,1-2H3,(H,37,40)(H,38,42)(H,39,41)/b29-18+. The summed E-state index contributed by atoms with van der Waals surface area (Å²) >= 11 is 1.16. The van der Waals surface area contributed by atoms with Crippen molar-refractivity contribution in [2.75, 3.05) is 17.7 Å². The van der Waals surface area contributed by atoms with Gasteiger partial charge in [0.2, 0.25) is 5.91 Å². The van der Waals surface area contributed by atoms with Crippen molar-refractivity contribution in [1.29, 1.82) is 0 Å². The van der Waals surface area contributed by atoms with E-state index in [4.69, 9.17) is 4.74 Å². The van der Waals surface area contributed by atoms with Crippen LogP contribution in [-0.2, 0) is 15.8 Å². The number of carbonyl (C=O) groups excluding carboxylic acids is 3. The van der Waals surface area contributed by atoms with E-state index < -0.39 is 34.7 Å². The number of anilines is 2. The van der Waals surface area contributed by atoms with E-state index in [-0.39, 0.29) is 11.4 Å². The molecule has 0 aromatic heterocycles. The van der Waals surface area contributed by atoms with Gasteiger partial charge in [-0.15, -0.1) is 11.8 Å². The van der Waals surface area contributed by atoms with Gasteiger partial charge in [-0.05, 0) is 79.2 Å². The van der Waals surface area contributed by atoms with E-state index in [9.17, 15) is 27.6 Å². The van der Waals surface area contributed by atoms with Crippen molar-refractivity contribution >= 4 is 46.9 Å². The Morgan fingerprint density at radius 1 is 0.818 bits per heavy atom. The SMILES string of the molecule is COc1ccc(/C=C(/NC(=O)c2ccccc2)C(=O)Nc2cccc(SC(C)C(=O)Nc3cccc(C(F)(F)F)c3)c2)cc1. The number of alkyl halides is 3. The largest absolute Gasteiger partial charge is 0.497 e. The Labute approximate surface area is 256 Å². The highest BCUT2D eigenvalue weighted by atomic mass is 32.2. The minimum Gasteiger partial charge on any atom is -0.497 e. The van der Waals surface area contributed by atoms with E-state index in [1.54, 1.807) is 92.9 Å². The van der Waals surface area contributed by atoms with Crippen molar-refractivity contribution in [3.8, 4) is 5.75 Å². The fraction of sp³-hybridized carbons (Fsp3) is 0.121. The summed E-state index contributed by atoms with van der Waals surface area (Å²) in [6.07, 6.45) is -2.99. The molecule has 1 atom stereocenters. The topological polar surface area (TPSA) is 96.5 Å². The Kier molecular flexibility index (Phi) is 10.5. The number of methoxy groups -OCH3 is 1. The summed E-state index contributed by atoms with van der Waals surface area (Å²) in [6.45, 7) is 1.62. The molecule has 4 aromatic rings. The maximum absolute atomic E-state index is 13.4. The summed E-state index contributed by atoms with van der Waals surface area (Å²) in [5.41, 5.74) is 0.591. The van der Waals surface area contributed by atoms with Crippen molar-refractivity contribution in [2.45, 2.75) is 23.2 Å². The van der Waals surface area contributed by atoms with Crippen LogP contribution in [0.3, 0.4) is 0 Å². The molecule has 3 amide bonds. The highest BCUT2D eigenvalue weighted by molar-refractivity contribution is 8.00. The molecule has 0 fully saturated rings. The molecule has 7 nitrogen and oxygen atoms in total. The van der Waals surface area contributed by atoms with Crippen molar-refractivity contribution in [1.82, 2.24) is 5.32 Å². The molecule has 0 aliphatic heterocycles. The van der Waals surface area contributed by atoms with Crippen LogP contribution in [0, 0.1) is 0 Å². The lowest BCUT2D eigenvalue weighted by atomic mass is 10.1. The second-order valence-electron chi connectivity index (χ2n) is 9.46. The van der Waals surface area contributed by atoms with Crippen LogP contribution in [0.1, 0.15) is 28.4 Å². The number of nitrogens with one attached hydrogen (secondary N) is 3. The molecule has 3 N–H and O–H groups in total. The molecule has 0 heterocycles. The van der Waals surface area contributed by atoms with Gasteiger partial charge >= 0.3 is 6.18 Å². The number of rotatable bonds is 10. The summed E-state index contributed by atoms with van der Waals surface area (Å²) < 4.78 is 44.3. The first-order valence-electron chi connectivity index (χ1n) is 13.3. The second-order valence-corrected chi connectivity index (χ2v) is 10.9. The molecule has 1 unspecified atom stereocenters. The Bertz CT molecular complexity index is 1660. The molecule has 0 aliphatic carbocycles. The quantitative estimate of drug-likeness (QED) is 0.128. The Hall–Kier alpha value is -5.03. The van der Waals surface area contributed by atoms with Crippen molar-refractivity contribution in [3.05, 3.63) is 126 Å². The summed E-state index contributed by atoms with van der Waals surface area (Å²) in [6, 6.07) is 26.5. The minimum absolute atomic E-state index is 0.00379. The number of hydrogen-bond acceptors (Lipinski definition) is 5. The number of hydrogen-bond donors (Lipinski definition) is 3. The Morgan fingerprint density at radius 2 is 1.48 bits per heavy atom. The van der Waals surface area contributed by atoms with Crippen molar-refractivity contribution in [3.63, 3.8) is 0 Å². The number of halogens is 3. The zero-order valence-electron chi connectivity index (χ0n) is 23.6. The van der Waals surface area contributed by atoms with Gasteiger partial charge in [0.25, 0.3) is 11.8 Å². The number of ether oxygens (including phenoxy) is 1. The molecular weight excluding hydrogens is 591 g/mol. The van der Waals surface area contributed by atoms with Crippen LogP contribution < -0.4 is 20.7 Å². The van der Waals surface area contributed by atoms with Gasteiger partial charge in [0.1, 0.15) is 11.4 Å². The predicted molar refractivity (Wildman–Crippen MR) is 165 cm³/mol. The summed E-state index contributed by atoms with van der Waals surface area (Å²) in [7, 11) is 1.54. The van der Waals surface area contributed by atoms with Gasteiger partial charge in [0.05, 0.1) is 17.9 Å². The van der Waals surface area contributed by atoms with Crippen LogP contribution >= 0.6 is 11.8 Å². The maximum Gasteiger partial charge on any atom is 0.416 e. The molecule has 4 aromatic carbocycles. The molecule has 226 valence electrons. The number of thioether (sulfide) groups is 1. The normalized spacial score (nSPS) is 12.2. The molecule has 0 radical (unpaired) electrons. The average Bonchev–Trinajstić information content (AvgIpc) is 3.01. The van der Waals surface area contributed by atoms with Crippen LogP contribution in [0.15, 0.2) is 114 Å². The van der Waals surface area contributed by atoms with Gasteiger partial charge in [-0.1, -0.05) is 42.5 Å². The molecule has 4 rings (SSSR count). The van der Waals surface area contributed by atoms with Crippen molar-refractivity contribution in [2.24, 2.45) is 0 Å². The van der Waals surface area contributed by atoms with E-state index in [1.165, 1.54) is 18.2 Å². The fourth-order valence-corrected chi connectivity index (χ4v) is 4.86. The number of carbonyl (C=O) groups is 3. The first-order valence-corrected chi connectivity index (χ1v) is 14.2. The van der Waals surface area contributed by atoms with E-state index in [0.29, 0.717) is 27.5 Å². The summed E-state index contributed by atoms with van der Waals surface area (Å²) in [4.78, 5) is 39.6. The molecule has 0 spiro atoms. The van der Waals surface area contributed by atoms with Gasteiger partial charge < -0.3 is 20.7 Å². The zero-order chi connectivity index (χ0) is 31.7. The van der Waals surface area contributed by atoms with E-state index in [2.05, 4.69) is 16.0 Å². The van der Waals surface area contributed by atoms with E-state index >= 15 is 0 Å². The highest BCUT2D eigenvalue weighted by Crippen LogP contribution is 2.31. The lowest BCUT2D eigenvalue weighted by Gasteiger charge is -2.15. The molecule has 0 saturated carbocycles. The highest BCUT2D eigenvalue weighted by Gasteiger charge is 2.30. The third kappa shape index (κ3) is 8.98. The third-order valence-corrected chi connectivity index (χ3v) is 7.28. The van der Waals surface area contributed by atoms with Gasteiger partial charge in [-0.25, -0.2) is 0 Å². The molecule has 0 aliphatic rings. The van der Waals surface area contributed by atoms with Gasteiger partial charge in [0.15, 0.2) is 0 Å². The average molecular weight is 620 g/mol. The number of amides is 3. The van der Waals surface area contributed by atoms with Crippen LogP contribution in [-0.4, -0.2) is 30.1 Å². The summed E-state index contributed by atoms with van der Waals surface area (Å²) in [5.74, 6) is -0.904. The molecule has 0 bridgehead atoms. The Morgan fingerprint density at radius 3 is 2.14 bits per heavy atom. The first-order chi connectivity index (χ1) is 21.0. The molecule has 0 saturated heterocycles. The lowest BCUT2D eigenvalue weighted by molar-refractivity contribution is -0.137. The smallest absolute Gasteiger partial charge is 0.416 e. The maximum atomic E-state index is 13.4. The van der Waals surface area contributed by atoms with Gasteiger partial charge in [0, 0.05) is 21.8 Å². The van der Waals surface area contributed by atoms with Crippen LogP contribution in [0.4, 0.5) is 24.5 Å². The van der Waals surface area contributed by atoms with Gasteiger partial charge in [-0.3, -0.25) is 14.4 Å². The van der Waals surface area contributed by atoms with Crippen LogP contribution in [0.5, 0.6) is 5.75 Å². The monoisotopic (exact) mass is 619 g/mol.